The lowest BCUT2D eigenvalue weighted by Crippen LogP contribution is -2.40. The number of halogens is 3. The maximum atomic E-state index is 13.1. The molecule has 6 nitrogen and oxygen atoms in total. The summed E-state index contributed by atoms with van der Waals surface area (Å²) in [6.45, 7) is -0.0472. The van der Waals surface area contributed by atoms with Crippen molar-refractivity contribution in [2.75, 3.05) is 10.8 Å². The van der Waals surface area contributed by atoms with Crippen molar-refractivity contribution in [1.29, 1.82) is 5.26 Å². The van der Waals surface area contributed by atoms with Gasteiger partial charge in [0, 0.05) is 18.9 Å². The normalized spacial score (nSPS) is 35.6. The van der Waals surface area contributed by atoms with Gasteiger partial charge >= 0.3 is 6.18 Å². The number of alkyl halides is 3. The zero-order valence-corrected chi connectivity index (χ0v) is 13.5. The van der Waals surface area contributed by atoms with Gasteiger partial charge in [-0.1, -0.05) is 0 Å². The van der Waals surface area contributed by atoms with E-state index in [-0.39, 0.29) is 18.7 Å². The minimum atomic E-state index is -4.77. The Kier molecular flexibility index (Phi) is 3.39. The molecule has 1 N–H and O–H groups in total. The van der Waals surface area contributed by atoms with Crippen molar-refractivity contribution >= 4 is 15.7 Å². The second-order valence-corrected chi connectivity index (χ2v) is 8.50. The Morgan fingerprint density at radius 2 is 2.08 bits per heavy atom. The number of aliphatic hydroxyl groups is 1. The van der Waals surface area contributed by atoms with Gasteiger partial charge in [0.1, 0.15) is 5.25 Å². The van der Waals surface area contributed by atoms with Crippen LogP contribution in [0.25, 0.3) is 0 Å². The molecular formula is C15H13F3N2O4S. The topological polar surface area (TPSA) is 90.6 Å². The molecule has 3 aliphatic rings. The highest BCUT2D eigenvalue weighted by atomic mass is 32.2. The Morgan fingerprint density at radius 3 is 2.72 bits per heavy atom. The van der Waals surface area contributed by atoms with Crippen LogP contribution in [0, 0.1) is 17.2 Å². The Morgan fingerprint density at radius 1 is 1.36 bits per heavy atom. The smallest absolute Gasteiger partial charge is 0.390 e. The molecule has 3 aliphatic heterocycles. The highest BCUT2D eigenvalue weighted by Gasteiger charge is 2.64. The predicted molar refractivity (Wildman–Crippen MR) is 79.0 cm³/mol. The Labute approximate surface area is 141 Å². The van der Waals surface area contributed by atoms with Crippen molar-refractivity contribution in [3.05, 3.63) is 29.3 Å². The van der Waals surface area contributed by atoms with Gasteiger partial charge in [-0.25, -0.2) is 8.42 Å². The number of sulfonamides is 1. The Hall–Kier alpha value is -1.83. The second-order valence-electron chi connectivity index (χ2n) is 6.49. The molecule has 0 saturated carbocycles. The van der Waals surface area contributed by atoms with Gasteiger partial charge in [0.15, 0.2) is 0 Å². The number of aliphatic hydroxyl groups excluding tert-OH is 1. The molecule has 25 heavy (non-hydrogen) atoms. The Balaban J connectivity index is 1.76. The molecule has 4 rings (SSSR count). The summed E-state index contributed by atoms with van der Waals surface area (Å²) in [5.74, 6) is -0.483. The van der Waals surface area contributed by atoms with Gasteiger partial charge < -0.3 is 9.84 Å². The fourth-order valence-corrected chi connectivity index (χ4v) is 6.44. The van der Waals surface area contributed by atoms with Crippen LogP contribution in [0.15, 0.2) is 18.2 Å². The summed E-state index contributed by atoms with van der Waals surface area (Å²) in [5, 5.41) is 17.9. The quantitative estimate of drug-likeness (QED) is 0.799. The summed E-state index contributed by atoms with van der Waals surface area (Å²) < 4.78 is 71.5. The van der Waals surface area contributed by atoms with Gasteiger partial charge in [-0.05, 0) is 18.2 Å². The molecule has 3 fully saturated rings. The van der Waals surface area contributed by atoms with Crippen LogP contribution in [0.4, 0.5) is 18.9 Å². The van der Waals surface area contributed by atoms with Crippen molar-refractivity contribution in [2.24, 2.45) is 5.92 Å². The first-order chi connectivity index (χ1) is 11.6. The molecule has 10 heteroatoms. The molecular weight excluding hydrogens is 361 g/mol. The fourth-order valence-electron chi connectivity index (χ4n) is 4.12. The van der Waals surface area contributed by atoms with Crippen LogP contribution in [0.2, 0.25) is 0 Å². The van der Waals surface area contributed by atoms with Crippen molar-refractivity contribution in [2.45, 2.75) is 36.2 Å². The minimum Gasteiger partial charge on any atom is -0.390 e. The van der Waals surface area contributed by atoms with Crippen LogP contribution in [0.3, 0.4) is 0 Å². The largest absolute Gasteiger partial charge is 0.417 e. The predicted octanol–water partition coefficient (Wildman–Crippen LogP) is 1.24. The fraction of sp³-hybridized carbons (Fsp3) is 0.533. The molecule has 3 heterocycles. The monoisotopic (exact) mass is 374 g/mol. The first-order valence-corrected chi connectivity index (χ1v) is 9.11. The van der Waals surface area contributed by atoms with Crippen LogP contribution in [0.5, 0.6) is 0 Å². The van der Waals surface area contributed by atoms with Gasteiger partial charge in [0.25, 0.3) is 0 Å². The molecule has 0 radical (unpaired) electrons. The molecule has 2 bridgehead atoms. The van der Waals surface area contributed by atoms with Gasteiger partial charge in [-0.3, -0.25) is 4.31 Å². The summed E-state index contributed by atoms with van der Waals surface area (Å²) in [6.07, 6.45) is -6.57. The molecule has 5 atom stereocenters. The maximum Gasteiger partial charge on any atom is 0.417 e. The van der Waals surface area contributed by atoms with E-state index in [0.29, 0.717) is 6.07 Å². The van der Waals surface area contributed by atoms with Crippen molar-refractivity contribution in [3.8, 4) is 6.07 Å². The third-order valence-corrected chi connectivity index (χ3v) is 7.46. The standard InChI is InChI=1S/C15H13F3N2O4S/c16-15(17,18)10-3-8(2-1-7(10)5-19)20-6-9-13-11(21)4-12(24-13)14(9)25(20,22)23/h1-3,9,11-14,21H,4,6H2/t9-,11+,12+,13+,14-/m1/s1. The van der Waals surface area contributed by atoms with Gasteiger partial charge in [0.2, 0.25) is 10.0 Å². The van der Waals surface area contributed by atoms with Crippen LogP contribution in [-0.2, 0) is 20.9 Å². The number of fused-ring (bicyclic) bond motifs is 5. The van der Waals surface area contributed by atoms with E-state index < -0.39 is 56.8 Å². The summed E-state index contributed by atoms with van der Waals surface area (Å²) in [5.41, 5.74) is -1.86. The summed E-state index contributed by atoms with van der Waals surface area (Å²) in [4.78, 5) is 0. The van der Waals surface area contributed by atoms with Crippen molar-refractivity contribution in [3.63, 3.8) is 0 Å². The highest BCUT2D eigenvalue weighted by Crippen LogP contribution is 2.49. The van der Waals surface area contributed by atoms with E-state index >= 15 is 0 Å². The average molecular weight is 374 g/mol. The van der Waals surface area contributed by atoms with Crippen LogP contribution < -0.4 is 4.31 Å². The lowest BCUT2D eigenvalue weighted by atomic mass is 9.87. The number of nitriles is 1. The third kappa shape index (κ3) is 2.26. The summed E-state index contributed by atoms with van der Waals surface area (Å²) >= 11 is 0. The molecule has 0 spiro atoms. The van der Waals surface area contributed by atoms with Crippen LogP contribution in [-0.4, -0.2) is 43.6 Å². The van der Waals surface area contributed by atoms with E-state index in [0.717, 1.165) is 10.4 Å². The number of rotatable bonds is 1. The van der Waals surface area contributed by atoms with E-state index in [2.05, 4.69) is 0 Å². The van der Waals surface area contributed by atoms with Gasteiger partial charge in [0.05, 0.1) is 41.2 Å². The zero-order valence-electron chi connectivity index (χ0n) is 12.6. The molecule has 134 valence electrons. The molecule has 3 saturated heterocycles. The van der Waals surface area contributed by atoms with Crippen LogP contribution in [0.1, 0.15) is 17.5 Å². The molecule has 1 aromatic carbocycles. The number of hydrogen-bond acceptors (Lipinski definition) is 5. The molecule has 0 aliphatic carbocycles. The number of hydrogen-bond donors (Lipinski definition) is 1. The van der Waals surface area contributed by atoms with Gasteiger partial charge in [-0.15, -0.1) is 0 Å². The van der Waals surface area contributed by atoms with Crippen molar-refractivity contribution in [1.82, 2.24) is 0 Å². The first-order valence-electron chi connectivity index (χ1n) is 7.61. The third-order valence-electron chi connectivity index (χ3n) is 5.14. The molecule has 1 aromatic rings. The van der Waals surface area contributed by atoms with E-state index in [1.54, 1.807) is 0 Å². The number of nitrogens with zero attached hydrogens (tertiary/aromatic N) is 2. The van der Waals surface area contributed by atoms with Crippen molar-refractivity contribution < 1.29 is 31.4 Å². The number of ether oxygens (including phenoxy) is 1. The first kappa shape index (κ1) is 16.6. The maximum absolute atomic E-state index is 13.1. The molecule has 0 unspecified atom stereocenters. The lowest BCUT2D eigenvalue weighted by Gasteiger charge is -2.22. The zero-order chi connectivity index (χ0) is 18.1. The molecule has 0 aromatic heterocycles. The molecule has 0 amide bonds. The highest BCUT2D eigenvalue weighted by molar-refractivity contribution is 7.93. The SMILES string of the molecule is N#Cc1ccc(N2C[C@@H]3[C@@H]4O[C@@H](C[C@@H]4O)[C@@H]3S2(=O)=O)cc1C(F)(F)F. The van der Waals surface area contributed by atoms with Crippen LogP contribution >= 0.6 is 0 Å². The minimum absolute atomic E-state index is 0.0472. The van der Waals surface area contributed by atoms with E-state index in [1.807, 2.05) is 0 Å². The lowest BCUT2D eigenvalue weighted by molar-refractivity contribution is -0.137. The number of benzene rings is 1. The average Bonchev–Trinajstić information content (AvgIpc) is 3.15. The van der Waals surface area contributed by atoms with E-state index in [9.17, 15) is 26.7 Å². The Bertz CT molecular complexity index is 880. The second kappa shape index (κ2) is 5.09. The van der Waals surface area contributed by atoms with E-state index in [4.69, 9.17) is 10.00 Å². The summed E-state index contributed by atoms with van der Waals surface area (Å²) in [7, 11) is -3.91. The van der Waals surface area contributed by atoms with Gasteiger partial charge in [-0.2, -0.15) is 18.4 Å². The summed E-state index contributed by atoms with van der Waals surface area (Å²) in [6, 6.07) is 4.33. The number of anilines is 1. The van der Waals surface area contributed by atoms with E-state index in [1.165, 1.54) is 12.1 Å².